The minimum absolute atomic E-state index is 0.00411. The third kappa shape index (κ3) is 3.82. The van der Waals surface area contributed by atoms with Crippen LogP contribution in [0.15, 0.2) is 36.7 Å². The van der Waals surface area contributed by atoms with Crippen molar-refractivity contribution in [1.29, 1.82) is 0 Å². The van der Waals surface area contributed by atoms with Crippen LogP contribution in [-0.4, -0.2) is 50.3 Å². The number of imidazole rings is 1. The van der Waals surface area contributed by atoms with E-state index in [1.165, 1.54) is 0 Å². The van der Waals surface area contributed by atoms with Crippen molar-refractivity contribution in [3.8, 4) is 5.69 Å². The van der Waals surface area contributed by atoms with Gasteiger partial charge in [0.15, 0.2) is 0 Å². The minimum atomic E-state index is -5.01. The van der Waals surface area contributed by atoms with Gasteiger partial charge in [0.05, 0.1) is 0 Å². The lowest BCUT2D eigenvalue weighted by atomic mass is 9.94. The lowest BCUT2D eigenvalue weighted by Gasteiger charge is -2.36. The van der Waals surface area contributed by atoms with Crippen LogP contribution in [-0.2, 0) is 4.79 Å². The summed E-state index contributed by atoms with van der Waals surface area (Å²) in [5, 5.41) is 10.2. The molecule has 1 aliphatic heterocycles. The van der Waals surface area contributed by atoms with Crippen molar-refractivity contribution >= 4 is 17.5 Å². The normalized spacial score (nSPS) is 18.4. The number of amides is 1. The van der Waals surface area contributed by atoms with Crippen LogP contribution in [0.5, 0.6) is 0 Å². The topological polar surface area (TPSA) is 58.4 Å². The number of rotatable bonds is 3. The first kappa shape index (κ1) is 19.7. The number of alkyl halides is 3. The molecule has 146 valence electrons. The molecule has 27 heavy (non-hydrogen) atoms. The van der Waals surface area contributed by atoms with Crippen LogP contribution in [0.25, 0.3) is 5.69 Å². The maximum atomic E-state index is 12.9. The summed E-state index contributed by atoms with van der Waals surface area (Å²) >= 11 is 5.91. The minimum Gasteiger partial charge on any atom is -0.373 e. The highest BCUT2D eigenvalue weighted by atomic mass is 35.5. The van der Waals surface area contributed by atoms with Crippen molar-refractivity contribution in [3.63, 3.8) is 0 Å². The smallest absolute Gasteiger partial charge is 0.373 e. The molecular formula is C18H19ClF3N3O2. The van der Waals surface area contributed by atoms with Crippen molar-refractivity contribution in [2.24, 2.45) is 0 Å². The van der Waals surface area contributed by atoms with E-state index in [2.05, 4.69) is 4.98 Å². The molecule has 3 rings (SSSR count). The number of hydrogen-bond donors (Lipinski definition) is 1. The molecule has 1 fully saturated rings. The Labute approximate surface area is 159 Å². The van der Waals surface area contributed by atoms with Crippen LogP contribution in [0, 0.1) is 0 Å². The van der Waals surface area contributed by atoms with E-state index in [-0.39, 0.29) is 19.0 Å². The number of carbonyl (C=O) groups is 1. The van der Waals surface area contributed by atoms with Gasteiger partial charge in [-0.25, -0.2) is 4.98 Å². The van der Waals surface area contributed by atoms with Crippen molar-refractivity contribution in [3.05, 3.63) is 47.5 Å². The van der Waals surface area contributed by atoms with Gasteiger partial charge >= 0.3 is 6.18 Å². The molecule has 1 saturated heterocycles. The van der Waals surface area contributed by atoms with Crippen LogP contribution in [0.1, 0.15) is 31.5 Å². The number of hydrogen-bond acceptors (Lipinski definition) is 3. The Kier molecular flexibility index (Phi) is 5.22. The fourth-order valence-corrected chi connectivity index (χ4v) is 3.33. The number of benzene rings is 1. The molecule has 0 radical (unpaired) electrons. The summed E-state index contributed by atoms with van der Waals surface area (Å²) in [5.74, 6) is -0.531. The molecular weight excluding hydrogens is 383 g/mol. The number of aromatic nitrogens is 2. The molecule has 1 aromatic carbocycles. The Hall–Kier alpha value is -2.06. The molecule has 2 heterocycles. The Morgan fingerprint density at radius 2 is 1.81 bits per heavy atom. The lowest BCUT2D eigenvalue weighted by Crippen LogP contribution is -2.57. The molecule has 0 bridgehead atoms. The maximum absolute atomic E-state index is 12.9. The first-order valence-electron chi connectivity index (χ1n) is 8.49. The van der Waals surface area contributed by atoms with Gasteiger partial charge in [-0.3, -0.25) is 4.79 Å². The van der Waals surface area contributed by atoms with Crippen molar-refractivity contribution in [2.45, 2.75) is 37.5 Å². The predicted octanol–water partition coefficient (Wildman–Crippen LogP) is 3.55. The Morgan fingerprint density at radius 3 is 2.37 bits per heavy atom. The standard InChI is InChI=1S/C18H19ClF3N3O2/c1-17(27,18(20,21)22)16(26)24-9-6-12(7-10-24)15-23-8-11-25(15)14-4-2-13(19)3-5-14/h2-5,8,11-12,27H,6-7,9-10H2,1H3. The van der Waals surface area contributed by atoms with Gasteiger partial charge in [0.25, 0.3) is 5.91 Å². The predicted molar refractivity (Wildman–Crippen MR) is 93.8 cm³/mol. The number of likely N-dealkylation sites (tertiary alicyclic amines) is 1. The third-order valence-electron chi connectivity index (χ3n) is 4.89. The average molecular weight is 402 g/mol. The quantitative estimate of drug-likeness (QED) is 0.855. The lowest BCUT2D eigenvalue weighted by molar-refractivity contribution is -0.250. The molecule has 1 atom stereocenters. The molecule has 5 nitrogen and oxygen atoms in total. The zero-order chi connectivity index (χ0) is 19.8. The second-order valence-electron chi connectivity index (χ2n) is 6.77. The molecule has 0 aliphatic carbocycles. The third-order valence-corrected chi connectivity index (χ3v) is 5.14. The molecule has 1 unspecified atom stereocenters. The van der Waals surface area contributed by atoms with Crippen molar-refractivity contribution in [1.82, 2.24) is 14.5 Å². The number of aliphatic hydroxyl groups is 1. The summed E-state index contributed by atoms with van der Waals surface area (Å²) in [5.41, 5.74) is -2.49. The largest absolute Gasteiger partial charge is 0.426 e. The van der Waals surface area contributed by atoms with Gasteiger partial charge in [-0.1, -0.05) is 11.6 Å². The van der Waals surface area contributed by atoms with E-state index in [4.69, 9.17) is 11.6 Å². The van der Waals surface area contributed by atoms with Gasteiger partial charge in [-0.05, 0) is 44.0 Å². The van der Waals surface area contributed by atoms with Gasteiger partial charge in [0.1, 0.15) is 5.82 Å². The first-order chi connectivity index (χ1) is 12.6. The van der Waals surface area contributed by atoms with Crippen LogP contribution in [0.3, 0.4) is 0 Å². The number of nitrogens with zero attached hydrogens (tertiary/aromatic N) is 3. The maximum Gasteiger partial charge on any atom is 0.426 e. The highest BCUT2D eigenvalue weighted by molar-refractivity contribution is 6.30. The molecule has 1 N–H and O–H groups in total. The van der Waals surface area contributed by atoms with Crippen LogP contribution in [0.4, 0.5) is 13.2 Å². The number of piperidine rings is 1. The van der Waals surface area contributed by atoms with Crippen LogP contribution >= 0.6 is 11.6 Å². The van der Waals surface area contributed by atoms with Gasteiger partial charge in [-0.2, -0.15) is 13.2 Å². The molecule has 0 saturated carbocycles. The highest BCUT2D eigenvalue weighted by Crippen LogP contribution is 2.34. The van der Waals surface area contributed by atoms with Crippen LogP contribution in [0.2, 0.25) is 5.02 Å². The highest BCUT2D eigenvalue weighted by Gasteiger charge is 2.57. The molecule has 1 aliphatic rings. The van der Waals surface area contributed by atoms with Crippen molar-refractivity contribution in [2.75, 3.05) is 13.1 Å². The fourth-order valence-electron chi connectivity index (χ4n) is 3.21. The molecule has 1 amide bonds. The summed E-state index contributed by atoms with van der Waals surface area (Å²) in [6, 6.07) is 7.24. The fraction of sp³-hybridized carbons (Fsp3) is 0.444. The van der Waals surface area contributed by atoms with E-state index < -0.39 is 17.7 Å². The second-order valence-corrected chi connectivity index (χ2v) is 7.20. The van der Waals surface area contributed by atoms with Crippen molar-refractivity contribution < 1.29 is 23.1 Å². The zero-order valence-electron chi connectivity index (χ0n) is 14.6. The van der Waals surface area contributed by atoms with E-state index in [1.807, 2.05) is 22.9 Å². The number of halogens is 4. The Balaban J connectivity index is 1.71. The van der Waals surface area contributed by atoms with Gasteiger partial charge in [-0.15, -0.1) is 0 Å². The number of carbonyl (C=O) groups excluding carboxylic acids is 1. The van der Waals surface area contributed by atoms with Gasteiger partial charge in [0, 0.05) is 42.1 Å². The van der Waals surface area contributed by atoms with E-state index in [0.29, 0.717) is 24.8 Å². The average Bonchev–Trinajstić information content (AvgIpc) is 3.10. The molecule has 9 heteroatoms. The summed E-state index contributed by atoms with van der Waals surface area (Å²) in [6.45, 7) is 0.751. The SMILES string of the molecule is CC(O)(C(=O)N1CCC(c2nccn2-c2ccc(Cl)cc2)CC1)C(F)(F)F. The first-order valence-corrected chi connectivity index (χ1v) is 8.86. The summed E-state index contributed by atoms with van der Waals surface area (Å²) < 4.78 is 40.6. The van der Waals surface area contributed by atoms with Gasteiger partial charge in [0.2, 0.25) is 5.60 Å². The molecule has 0 spiro atoms. The molecule has 1 aromatic heterocycles. The summed E-state index contributed by atoms with van der Waals surface area (Å²) in [4.78, 5) is 17.6. The second kappa shape index (κ2) is 7.16. The Bertz CT molecular complexity index is 810. The Morgan fingerprint density at radius 1 is 1.22 bits per heavy atom. The molecule has 2 aromatic rings. The summed E-state index contributed by atoms with van der Waals surface area (Å²) in [6.07, 6.45) is -0.610. The monoisotopic (exact) mass is 401 g/mol. The van der Waals surface area contributed by atoms with E-state index in [0.717, 1.165) is 16.4 Å². The van der Waals surface area contributed by atoms with E-state index in [9.17, 15) is 23.1 Å². The van der Waals surface area contributed by atoms with Gasteiger partial charge < -0.3 is 14.6 Å². The van der Waals surface area contributed by atoms with E-state index in [1.54, 1.807) is 18.3 Å². The zero-order valence-corrected chi connectivity index (χ0v) is 15.3. The van der Waals surface area contributed by atoms with E-state index >= 15 is 0 Å². The summed E-state index contributed by atoms with van der Waals surface area (Å²) in [7, 11) is 0. The van der Waals surface area contributed by atoms with Crippen LogP contribution < -0.4 is 0 Å².